The van der Waals surface area contributed by atoms with Crippen LogP contribution in [0.3, 0.4) is 0 Å². The van der Waals surface area contributed by atoms with Crippen LogP contribution in [0.2, 0.25) is 0 Å². The number of hydrogen-bond donors (Lipinski definition) is 2. The zero-order valence-corrected chi connectivity index (χ0v) is 17.9. The second-order valence-corrected chi connectivity index (χ2v) is 8.21. The van der Waals surface area contributed by atoms with Crippen LogP contribution in [0.25, 0.3) is 20.9 Å². The summed E-state index contributed by atoms with van der Waals surface area (Å²) in [6.07, 6.45) is -12.4. The SMILES string of the molecule is CCC(C)c1ccc(-c2nc3c(s2)c(=O)[nH]c(=O)n3CC(O)C(F)(F)F)cc1OC(F)(F)F. The van der Waals surface area contributed by atoms with Gasteiger partial charge in [-0.25, -0.2) is 9.78 Å². The standard InChI is InChI=1S/C19H17F6N3O4S/c1-3-8(2)10-5-4-9(6-11(10)32-19(23,24)25)16-26-14-13(33-16)15(30)27-17(31)28(14)7-12(29)18(20,21)22/h4-6,8,12,29H,3,7H2,1-2H3,(H,27,30,31). The second-order valence-electron chi connectivity index (χ2n) is 7.21. The van der Waals surface area contributed by atoms with Crippen LogP contribution in [0, 0.1) is 0 Å². The largest absolute Gasteiger partial charge is 0.573 e. The van der Waals surface area contributed by atoms with E-state index in [1.165, 1.54) is 12.1 Å². The number of nitrogens with zero attached hydrogens (tertiary/aromatic N) is 2. The summed E-state index contributed by atoms with van der Waals surface area (Å²) in [5.41, 5.74) is -2.21. The van der Waals surface area contributed by atoms with E-state index in [0.29, 0.717) is 22.3 Å². The van der Waals surface area contributed by atoms with E-state index in [0.717, 1.165) is 6.07 Å². The molecular formula is C19H17F6N3O4S. The summed E-state index contributed by atoms with van der Waals surface area (Å²) in [5, 5.41) is 9.31. The number of benzene rings is 1. The molecule has 0 amide bonds. The van der Waals surface area contributed by atoms with Gasteiger partial charge in [0.15, 0.2) is 11.8 Å². The monoisotopic (exact) mass is 497 g/mol. The number of aliphatic hydroxyl groups is 1. The number of aromatic amines is 1. The first-order valence-electron chi connectivity index (χ1n) is 9.49. The van der Waals surface area contributed by atoms with Gasteiger partial charge < -0.3 is 9.84 Å². The van der Waals surface area contributed by atoms with Gasteiger partial charge in [-0.05, 0) is 24.0 Å². The molecule has 2 unspecified atom stereocenters. The molecule has 1 aromatic carbocycles. The van der Waals surface area contributed by atoms with Crippen molar-refractivity contribution in [1.29, 1.82) is 0 Å². The Balaban J connectivity index is 2.16. The van der Waals surface area contributed by atoms with Gasteiger partial charge in [0.1, 0.15) is 15.5 Å². The third kappa shape index (κ3) is 5.38. The van der Waals surface area contributed by atoms with E-state index in [2.05, 4.69) is 9.72 Å². The molecule has 0 spiro atoms. The highest BCUT2D eigenvalue weighted by atomic mass is 32.1. The summed E-state index contributed by atoms with van der Waals surface area (Å²) in [4.78, 5) is 30.1. The molecule has 2 atom stereocenters. The second kappa shape index (κ2) is 8.82. The number of nitrogens with one attached hydrogen (secondary N) is 1. The highest BCUT2D eigenvalue weighted by Crippen LogP contribution is 2.37. The van der Waals surface area contributed by atoms with Crippen LogP contribution >= 0.6 is 11.3 Å². The molecule has 0 aliphatic rings. The van der Waals surface area contributed by atoms with Crippen LogP contribution in [-0.2, 0) is 6.54 Å². The maximum atomic E-state index is 12.9. The van der Waals surface area contributed by atoms with Crippen molar-refractivity contribution in [2.45, 2.75) is 51.4 Å². The lowest BCUT2D eigenvalue weighted by Crippen LogP contribution is -2.39. The van der Waals surface area contributed by atoms with E-state index in [9.17, 15) is 41.0 Å². The molecule has 2 heterocycles. The van der Waals surface area contributed by atoms with Crippen LogP contribution in [0.1, 0.15) is 31.7 Å². The lowest BCUT2D eigenvalue weighted by Gasteiger charge is -2.17. The summed E-state index contributed by atoms with van der Waals surface area (Å²) in [7, 11) is 0. The number of aromatic nitrogens is 3. The molecule has 3 aromatic rings. The number of ether oxygens (including phenoxy) is 1. The lowest BCUT2D eigenvalue weighted by molar-refractivity contribution is -0.274. The van der Waals surface area contributed by atoms with Gasteiger partial charge in [0, 0.05) is 5.56 Å². The molecule has 3 rings (SSSR count). The van der Waals surface area contributed by atoms with Gasteiger partial charge in [0.25, 0.3) is 5.56 Å². The van der Waals surface area contributed by atoms with E-state index < -0.39 is 47.8 Å². The molecular weight excluding hydrogens is 480 g/mol. The number of fused-ring (bicyclic) bond motifs is 1. The Morgan fingerprint density at radius 2 is 1.88 bits per heavy atom. The van der Waals surface area contributed by atoms with Crippen molar-refractivity contribution in [2.75, 3.05) is 0 Å². The molecule has 7 nitrogen and oxygen atoms in total. The smallest absolute Gasteiger partial charge is 0.405 e. The Morgan fingerprint density at radius 3 is 2.45 bits per heavy atom. The Morgan fingerprint density at radius 1 is 1.21 bits per heavy atom. The first-order valence-corrected chi connectivity index (χ1v) is 10.3. The minimum Gasteiger partial charge on any atom is -0.405 e. The number of thiazole rings is 1. The first-order chi connectivity index (χ1) is 15.2. The third-order valence-corrected chi connectivity index (χ3v) is 5.99. The summed E-state index contributed by atoms with van der Waals surface area (Å²) >= 11 is 0.667. The Bertz CT molecular complexity index is 1280. The predicted molar refractivity (Wildman–Crippen MR) is 107 cm³/mol. The molecule has 0 saturated heterocycles. The summed E-state index contributed by atoms with van der Waals surface area (Å²) in [6, 6.07) is 3.90. The van der Waals surface area contributed by atoms with Gasteiger partial charge in [-0.15, -0.1) is 24.5 Å². The topological polar surface area (TPSA) is 97.2 Å². The van der Waals surface area contributed by atoms with E-state index in [-0.39, 0.29) is 26.8 Å². The minimum absolute atomic E-state index is 0.0286. The molecule has 180 valence electrons. The fraction of sp³-hybridized carbons (Fsp3) is 0.421. The Labute approximate surface area is 185 Å². The van der Waals surface area contributed by atoms with E-state index >= 15 is 0 Å². The quantitative estimate of drug-likeness (QED) is 0.499. The Kier molecular flexibility index (Phi) is 6.62. The summed E-state index contributed by atoms with van der Waals surface area (Å²) < 4.78 is 81.4. The van der Waals surface area contributed by atoms with Crippen molar-refractivity contribution in [1.82, 2.24) is 14.5 Å². The molecule has 2 N–H and O–H groups in total. The average Bonchev–Trinajstić information content (AvgIpc) is 3.14. The van der Waals surface area contributed by atoms with Crippen molar-refractivity contribution in [3.05, 3.63) is 44.6 Å². The number of aliphatic hydroxyl groups excluding tert-OH is 1. The fourth-order valence-electron chi connectivity index (χ4n) is 3.04. The summed E-state index contributed by atoms with van der Waals surface area (Å²) in [6.45, 7) is 2.26. The van der Waals surface area contributed by atoms with E-state index in [1.54, 1.807) is 13.8 Å². The molecule has 0 fully saturated rings. The van der Waals surface area contributed by atoms with Crippen molar-refractivity contribution in [3.63, 3.8) is 0 Å². The molecule has 0 aliphatic carbocycles. The van der Waals surface area contributed by atoms with Crippen LogP contribution in [0.15, 0.2) is 27.8 Å². The molecule has 33 heavy (non-hydrogen) atoms. The number of hydrogen-bond acceptors (Lipinski definition) is 6. The highest BCUT2D eigenvalue weighted by molar-refractivity contribution is 7.21. The van der Waals surface area contributed by atoms with Crippen molar-refractivity contribution >= 4 is 21.7 Å². The zero-order valence-electron chi connectivity index (χ0n) is 17.0. The van der Waals surface area contributed by atoms with Crippen LogP contribution in [0.4, 0.5) is 26.3 Å². The van der Waals surface area contributed by atoms with Crippen LogP contribution < -0.4 is 16.0 Å². The zero-order chi connectivity index (χ0) is 24.7. The maximum Gasteiger partial charge on any atom is 0.573 e. The molecule has 0 radical (unpaired) electrons. The highest BCUT2D eigenvalue weighted by Gasteiger charge is 2.39. The number of rotatable bonds is 6. The van der Waals surface area contributed by atoms with Crippen molar-refractivity contribution in [3.8, 4) is 16.3 Å². The molecule has 0 aliphatic heterocycles. The third-order valence-electron chi connectivity index (χ3n) is 4.90. The van der Waals surface area contributed by atoms with Crippen molar-refractivity contribution < 1.29 is 36.2 Å². The molecule has 0 saturated carbocycles. The average molecular weight is 497 g/mol. The minimum atomic E-state index is -5.03. The van der Waals surface area contributed by atoms with Gasteiger partial charge in [0.2, 0.25) is 0 Å². The van der Waals surface area contributed by atoms with Gasteiger partial charge in [-0.2, -0.15) is 13.2 Å². The van der Waals surface area contributed by atoms with Gasteiger partial charge in [-0.1, -0.05) is 26.0 Å². The Hall–Kier alpha value is -2.87. The maximum absolute atomic E-state index is 12.9. The number of alkyl halides is 6. The fourth-order valence-corrected chi connectivity index (χ4v) is 4.00. The van der Waals surface area contributed by atoms with Gasteiger partial charge >= 0.3 is 18.2 Å². The lowest BCUT2D eigenvalue weighted by atomic mass is 9.96. The number of halogens is 6. The number of H-pyrrole nitrogens is 1. The van der Waals surface area contributed by atoms with Gasteiger partial charge in [-0.3, -0.25) is 14.3 Å². The first kappa shape index (κ1) is 24.8. The van der Waals surface area contributed by atoms with Crippen LogP contribution in [0.5, 0.6) is 5.75 Å². The van der Waals surface area contributed by atoms with Gasteiger partial charge in [0.05, 0.1) is 6.54 Å². The molecule has 2 aromatic heterocycles. The van der Waals surface area contributed by atoms with E-state index in [4.69, 9.17) is 0 Å². The summed E-state index contributed by atoms with van der Waals surface area (Å²) in [5.74, 6) is -0.754. The normalized spacial score (nSPS) is 14.5. The van der Waals surface area contributed by atoms with E-state index in [1.807, 2.05) is 4.98 Å². The molecule has 0 bridgehead atoms. The molecule has 14 heteroatoms. The predicted octanol–water partition coefficient (Wildman–Crippen LogP) is 4.15. The van der Waals surface area contributed by atoms with Crippen molar-refractivity contribution in [2.24, 2.45) is 0 Å². The van der Waals surface area contributed by atoms with Crippen LogP contribution in [-0.4, -0.2) is 38.3 Å².